The van der Waals surface area contributed by atoms with E-state index in [0.29, 0.717) is 30.9 Å². The molecule has 156 valence electrons. The Morgan fingerprint density at radius 3 is 2.48 bits per heavy atom. The van der Waals surface area contributed by atoms with Crippen molar-refractivity contribution in [2.24, 2.45) is 0 Å². The van der Waals surface area contributed by atoms with E-state index >= 15 is 0 Å². The van der Waals surface area contributed by atoms with Crippen LogP contribution in [0.15, 0.2) is 48.5 Å². The van der Waals surface area contributed by atoms with Crippen LogP contribution in [0.4, 0.5) is 18.9 Å². The van der Waals surface area contributed by atoms with Crippen LogP contribution in [0, 0.1) is 0 Å². The van der Waals surface area contributed by atoms with Crippen LogP contribution in [0.2, 0.25) is 0 Å². The van der Waals surface area contributed by atoms with Gasteiger partial charge in [-0.2, -0.15) is 13.2 Å². The smallest absolute Gasteiger partial charge is 0.416 e. The van der Waals surface area contributed by atoms with Crippen molar-refractivity contribution in [3.63, 3.8) is 0 Å². The van der Waals surface area contributed by atoms with Crippen LogP contribution in [0.3, 0.4) is 0 Å². The molecule has 0 radical (unpaired) electrons. The molecule has 1 aliphatic rings. The van der Waals surface area contributed by atoms with Gasteiger partial charge in [-0.1, -0.05) is 12.1 Å². The number of hydrogen-bond acceptors (Lipinski definition) is 4. The predicted molar refractivity (Wildman–Crippen MR) is 103 cm³/mol. The second kappa shape index (κ2) is 9.17. The molecule has 0 bridgehead atoms. The lowest BCUT2D eigenvalue weighted by Crippen LogP contribution is -2.43. The monoisotopic (exact) mass is 408 g/mol. The number of anilines is 1. The summed E-state index contributed by atoms with van der Waals surface area (Å²) in [4.78, 5) is 14.0. The van der Waals surface area contributed by atoms with E-state index < -0.39 is 11.7 Å². The first-order valence-corrected chi connectivity index (χ1v) is 9.39. The van der Waals surface area contributed by atoms with Gasteiger partial charge in [-0.25, -0.2) is 0 Å². The second-order valence-electron chi connectivity index (χ2n) is 6.89. The fourth-order valence-electron chi connectivity index (χ4n) is 2.98. The van der Waals surface area contributed by atoms with Crippen LogP contribution in [0.5, 0.6) is 11.5 Å². The average molecular weight is 408 g/mol. The molecule has 1 N–H and O–H groups in total. The Morgan fingerprint density at radius 2 is 1.79 bits per heavy atom. The lowest BCUT2D eigenvalue weighted by Gasteiger charge is -2.32. The van der Waals surface area contributed by atoms with Crippen LogP contribution in [0.25, 0.3) is 0 Å². The van der Waals surface area contributed by atoms with E-state index in [-0.39, 0.29) is 12.1 Å². The molecule has 0 fully saturated rings. The van der Waals surface area contributed by atoms with Gasteiger partial charge in [0.05, 0.1) is 5.56 Å². The molecule has 3 rings (SSSR count). The van der Waals surface area contributed by atoms with Gasteiger partial charge >= 0.3 is 6.18 Å². The molecule has 1 atom stereocenters. The van der Waals surface area contributed by atoms with Crippen LogP contribution in [-0.4, -0.2) is 37.2 Å². The summed E-state index contributed by atoms with van der Waals surface area (Å²) in [5.41, 5.74) is -0.387. The summed E-state index contributed by atoms with van der Waals surface area (Å²) in [6.07, 6.45) is -2.85. The molecule has 1 unspecified atom stereocenters. The van der Waals surface area contributed by atoms with Crippen LogP contribution in [0.1, 0.15) is 24.8 Å². The van der Waals surface area contributed by atoms with Gasteiger partial charge in [0.25, 0.3) is 0 Å². The van der Waals surface area contributed by atoms with Crippen molar-refractivity contribution >= 4 is 11.6 Å². The van der Waals surface area contributed by atoms with Gasteiger partial charge in [0, 0.05) is 18.7 Å². The zero-order chi connectivity index (χ0) is 20.9. The lowest BCUT2D eigenvalue weighted by atomic mass is 10.2. The average Bonchev–Trinajstić information content (AvgIpc) is 2.70. The van der Waals surface area contributed by atoms with Crippen molar-refractivity contribution in [3.8, 4) is 11.5 Å². The van der Waals surface area contributed by atoms with Crippen molar-refractivity contribution in [3.05, 3.63) is 54.1 Å². The molecule has 0 spiro atoms. The third kappa shape index (κ3) is 5.87. The number of hydrogen-bond donors (Lipinski definition) is 1. The number of fused-ring (bicyclic) bond motifs is 1. The number of unbranched alkanes of at least 4 members (excludes halogenated alkanes) is 1. The first kappa shape index (κ1) is 21.0. The molecule has 2 aromatic rings. The van der Waals surface area contributed by atoms with Gasteiger partial charge in [0.15, 0.2) is 17.7 Å². The standard InChI is InChI=1S/C21H23F3N2O3/c1-26(20-14-28-17-6-2-3-7-18(17)29-20)13-5-4-8-19(27)25-16-11-9-15(10-12-16)21(22,23)24/h2-3,6-7,9-12,20H,4-5,8,13-14H2,1H3,(H,25,27). The Labute approximate surface area is 167 Å². The molecule has 5 nitrogen and oxygen atoms in total. The maximum Gasteiger partial charge on any atom is 0.416 e. The molecule has 2 aromatic carbocycles. The first-order valence-electron chi connectivity index (χ1n) is 9.39. The third-order valence-corrected chi connectivity index (χ3v) is 4.65. The Morgan fingerprint density at radius 1 is 1.10 bits per heavy atom. The number of rotatable bonds is 7. The fraction of sp³-hybridized carbons (Fsp3) is 0.381. The van der Waals surface area contributed by atoms with E-state index in [9.17, 15) is 18.0 Å². The maximum atomic E-state index is 12.6. The number of benzene rings is 2. The Hall–Kier alpha value is -2.74. The van der Waals surface area contributed by atoms with Crippen LogP contribution in [-0.2, 0) is 11.0 Å². The first-order chi connectivity index (χ1) is 13.8. The molecule has 8 heteroatoms. The van der Waals surface area contributed by atoms with Crippen molar-refractivity contribution < 1.29 is 27.4 Å². The normalized spacial score (nSPS) is 16.0. The molecule has 29 heavy (non-hydrogen) atoms. The number of carbonyl (C=O) groups excluding carboxylic acids is 1. The Bertz CT molecular complexity index is 825. The predicted octanol–water partition coefficient (Wildman–Crippen LogP) is 4.54. The highest BCUT2D eigenvalue weighted by molar-refractivity contribution is 5.90. The highest BCUT2D eigenvalue weighted by atomic mass is 19.4. The largest absolute Gasteiger partial charge is 0.484 e. The summed E-state index contributed by atoms with van der Waals surface area (Å²) < 4.78 is 49.3. The summed E-state index contributed by atoms with van der Waals surface area (Å²) in [6, 6.07) is 11.9. The SMILES string of the molecule is CN(CCCCC(=O)Nc1ccc(C(F)(F)F)cc1)C1COc2ccccc2O1. The molecule has 1 amide bonds. The number of nitrogens with zero attached hydrogens (tertiary/aromatic N) is 1. The van der Waals surface area contributed by atoms with E-state index in [1.807, 2.05) is 36.2 Å². The minimum Gasteiger partial charge on any atom is -0.484 e. The highest BCUT2D eigenvalue weighted by Crippen LogP contribution is 2.31. The summed E-state index contributed by atoms with van der Waals surface area (Å²) in [7, 11) is 1.93. The van der Waals surface area contributed by atoms with E-state index in [4.69, 9.17) is 9.47 Å². The van der Waals surface area contributed by atoms with Crippen molar-refractivity contribution in [2.45, 2.75) is 31.7 Å². The van der Waals surface area contributed by atoms with E-state index in [0.717, 1.165) is 30.8 Å². The molecule has 0 saturated carbocycles. The molecule has 1 heterocycles. The zero-order valence-electron chi connectivity index (χ0n) is 16.0. The number of likely N-dealkylation sites (N-methyl/N-ethyl adjacent to an activating group) is 1. The van der Waals surface area contributed by atoms with Gasteiger partial charge in [0.2, 0.25) is 5.91 Å². The number of amides is 1. The van der Waals surface area contributed by atoms with Gasteiger partial charge in [0.1, 0.15) is 6.61 Å². The summed E-state index contributed by atoms with van der Waals surface area (Å²) in [6.45, 7) is 1.16. The number of para-hydroxylation sites is 2. The molecular weight excluding hydrogens is 385 g/mol. The van der Waals surface area contributed by atoms with Crippen LogP contribution < -0.4 is 14.8 Å². The van der Waals surface area contributed by atoms with Gasteiger partial charge in [-0.05, 0) is 56.3 Å². The number of carbonyl (C=O) groups is 1. The number of nitrogens with one attached hydrogen (secondary N) is 1. The van der Waals surface area contributed by atoms with Crippen molar-refractivity contribution in [1.82, 2.24) is 4.90 Å². The number of ether oxygens (including phenoxy) is 2. The minimum atomic E-state index is -4.39. The molecule has 1 aliphatic heterocycles. The molecular formula is C21H23F3N2O3. The van der Waals surface area contributed by atoms with Crippen molar-refractivity contribution in [2.75, 3.05) is 25.5 Å². The van der Waals surface area contributed by atoms with Gasteiger partial charge in [-0.3, -0.25) is 9.69 Å². The topological polar surface area (TPSA) is 50.8 Å². The maximum absolute atomic E-state index is 12.6. The minimum absolute atomic E-state index is 0.189. The zero-order valence-corrected chi connectivity index (χ0v) is 16.0. The fourth-order valence-corrected chi connectivity index (χ4v) is 2.98. The highest BCUT2D eigenvalue weighted by Gasteiger charge is 2.30. The quantitative estimate of drug-likeness (QED) is 0.684. The number of alkyl halides is 3. The molecule has 0 aromatic heterocycles. The summed E-state index contributed by atoms with van der Waals surface area (Å²) >= 11 is 0. The van der Waals surface area contributed by atoms with Crippen molar-refractivity contribution in [1.29, 1.82) is 0 Å². The van der Waals surface area contributed by atoms with E-state index in [1.54, 1.807) is 0 Å². The molecule has 0 aliphatic carbocycles. The van der Waals surface area contributed by atoms with Crippen LogP contribution >= 0.6 is 0 Å². The Balaban J connectivity index is 1.36. The van der Waals surface area contributed by atoms with E-state index in [1.165, 1.54) is 12.1 Å². The van der Waals surface area contributed by atoms with Gasteiger partial charge in [-0.15, -0.1) is 0 Å². The van der Waals surface area contributed by atoms with E-state index in [2.05, 4.69) is 5.32 Å². The van der Waals surface area contributed by atoms with Gasteiger partial charge < -0.3 is 14.8 Å². The summed E-state index contributed by atoms with van der Waals surface area (Å²) in [5.74, 6) is 1.22. The number of halogens is 3. The third-order valence-electron chi connectivity index (χ3n) is 4.65. The Kier molecular flexibility index (Phi) is 6.64. The summed E-state index contributed by atoms with van der Waals surface area (Å²) in [5, 5.41) is 2.62. The molecule has 0 saturated heterocycles. The lowest BCUT2D eigenvalue weighted by molar-refractivity contribution is -0.137. The second-order valence-corrected chi connectivity index (χ2v) is 6.89.